The van der Waals surface area contributed by atoms with Crippen LogP contribution in [-0.2, 0) is 4.43 Å². The summed E-state index contributed by atoms with van der Waals surface area (Å²) in [6.07, 6.45) is 0.0464. The molecule has 2 rings (SSSR count). The fraction of sp³-hybridized carbons (Fsp3) is 0.368. The van der Waals surface area contributed by atoms with Gasteiger partial charge in [-0.1, -0.05) is 54.1 Å². The third-order valence-electron chi connectivity index (χ3n) is 3.65. The van der Waals surface area contributed by atoms with Gasteiger partial charge in [-0.05, 0) is 49.8 Å². The lowest BCUT2D eigenvalue weighted by Crippen LogP contribution is -2.34. The van der Waals surface area contributed by atoms with E-state index in [1.54, 1.807) is 0 Å². The first-order chi connectivity index (χ1) is 10.8. The van der Waals surface area contributed by atoms with Crippen molar-refractivity contribution in [2.45, 2.75) is 38.7 Å². The van der Waals surface area contributed by atoms with Crippen LogP contribution in [0.4, 0.5) is 0 Å². The largest absolute Gasteiger partial charge is 0.409 e. The third-order valence-corrected chi connectivity index (χ3v) is 4.89. The van der Waals surface area contributed by atoms with E-state index in [1.165, 1.54) is 11.1 Å². The van der Waals surface area contributed by atoms with Crippen LogP contribution >= 0.6 is 11.6 Å². The van der Waals surface area contributed by atoms with Gasteiger partial charge in [-0.3, -0.25) is 0 Å². The summed E-state index contributed by atoms with van der Waals surface area (Å²) < 4.78 is 6.38. The highest BCUT2D eigenvalue weighted by Crippen LogP contribution is 2.24. The van der Waals surface area contributed by atoms with Gasteiger partial charge in [0, 0.05) is 17.6 Å². The van der Waals surface area contributed by atoms with E-state index in [9.17, 15) is 0 Å². The van der Waals surface area contributed by atoms with Gasteiger partial charge in [-0.25, -0.2) is 0 Å². The van der Waals surface area contributed by atoms with Gasteiger partial charge in [0.15, 0.2) is 8.32 Å². The summed E-state index contributed by atoms with van der Waals surface area (Å²) in [7, 11) is -1.64. The zero-order valence-electron chi connectivity index (χ0n) is 14.3. The maximum absolute atomic E-state index is 6.38. The monoisotopic (exact) mass is 347 g/mol. The standard InChI is InChI=1S/C19H26ClNOSi/c1-15(16-8-6-5-7-9-16)21-14-19(22-23(2,3)4)17-10-12-18(20)13-11-17/h5-13,15,19,21H,14H2,1-4H3/t15-,19?/m0/s1. The Morgan fingerprint density at radius 1 is 0.957 bits per heavy atom. The summed E-state index contributed by atoms with van der Waals surface area (Å²) in [6.45, 7) is 9.62. The highest BCUT2D eigenvalue weighted by atomic mass is 35.5. The van der Waals surface area contributed by atoms with Crippen molar-refractivity contribution in [2.75, 3.05) is 6.54 Å². The summed E-state index contributed by atoms with van der Waals surface area (Å²) in [5, 5.41) is 4.35. The first kappa shape index (κ1) is 18.2. The van der Waals surface area contributed by atoms with Crippen molar-refractivity contribution < 1.29 is 4.43 Å². The average Bonchev–Trinajstić information content (AvgIpc) is 2.52. The molecule has 0 aromatic heterocycles. The van der Waals surface area contributed by atoms with E-state index in [1.807, 2.05) is 18.2 Å². The van der Waals surface area contributed by atoms with E-state index in [-0.39, 0.29) is 12.1 Å². The van der Waals surface area contributed by atoms with E-state index in [4.69, 9.17) is 16.0 Å². The van der Waals surface area contributed by atoms with E-state index in [2.05, 4.69) is 68.3 Å². The minimum atomic E-state index is -1.64. The van der Waals surface area contributed by atoms with Crippen LogP contribution in [-0.4, -0.2) is 14.9 Å². The molecule has 4 heteroatoms. The molecule has 0 saturated carbocycles. The zero-order valence-corrected chi connectivity index (χ0v) is 16.1. The van der Waals surface area contributed by atoms with E-state index in [0.29, 0.717) is 0 Å². The minimum absolute atomic E-state index is 0.0464. The SMILES string of the molecule is C[C@H](NCC(O[Si](C)(C)C)c1ccc(Cl)cc1)c1ccccc1. The van der Waals surface area contributed by atoms with Crippen molar-refractivity contribution in [2.24, 2.45) is 0 Å². The topological polar surface area (TPSA) is 21.3 Å². The molecular weight excluding hydrogens is 322 g/mol. The van der Waals surface area contributed by atoms with Gasteiger partial charge in [-0.2, -0.15) is 0 Å². The maximum atomic E-state index is 6.38. The number of nitrogens with one attached hydrogen (secondary N) is 1. The molecule has 2 atom stereocenters. The molecule has 2 aromatic rings. The van der Waals surface area contributed by atoms with E-state index in [0.717, 1.165) is 11.6 Å². The fourth-order valence-electron chi connectivity index (χ4n) is 2.48. The molecule has 0 saturated heterocycles. The highest BCUT2D eigenvalue weighted by molar-refractivity contribution is 6.69. The van der Waals surface area contributed by atoms with Crippen LogP contribution < -0.4 is 5.32 Å². The normalized spacial score (nSPS) is 14.5. The molecule has 0 bridgehead atoms. The molecule has 0 aliphatic rings. The predicted octanol–water partition coefficient (Wildman–Crippen LogP) is 5.58. The Morgan fingerprint density at radius 3 is 2.13 bits per heavy atom. The number of halogens is 1. The maximum Gasteiger partial charge on any atom is 0.184 e. The molecule has 1 N–H and O–H groups in total. The van der Waals surface area contributed by atoms with Gasteiger partial charge < -0.3 is 9.74 Å². The van der Waals surface area contributed by atoms with Gasteiger partial charge in [0.25, 0.3) is 0 Å². The van der Waals surface area contributed by atoms with Crippen LogP contribution in [0.2, 0.25) is 24.7 Å². The summed E-state index contributed by atoms with van der Waals surface area (Å²) in [5.74, 6) is 0. The van der Waals surface area contributed by atoms with Gasteiger partial charge in [0.1, 0.15) is 0 Å². The van der Waals surface area contributed by atoms with Crippen molar-refractivity contribution in [1.29, 1.82) is 0 Å². The molecule has 0 spiro atoms. The molecule has 0 aliphatic carbocycles. The average molecular weight is 348 g/mol. The van der Waals surface area contributed by atoms with E-state index < -0.39 is 8.32 Å². The van der Waals surface area contributed by atoms with Gasteiger partial charge in [0.2, 0.25) is 0 Å². The third kappa shape index (κ3) is 6.11. The molecule has 0 radical (unpaired) electrons. The van der Waals surface area contributed by atoms with Crippen molar-refractivity contribution in [1.82, 2.24) is 5.32 Å². The first-order valence-corrected chi connectivity index (χ1v) is 11.9. The van der Waals surface area contributed by atoms with Crippen molar-refractivity contribution >= 4 is 19.9 Å². The molecule has 2 aromatic carbocycles. The molecule has 2 nitrogen and oxygen atoms in total. The quantitative estimate of drug-likeness (QED) is 0.660. The van der Waals surface area contributed by atoms with Crippen LogP contribution in [0.1, 0.15) is 30.2 Å². The van der Waals surface area contributed by atoms with Gasteiger partial charge in [0.05, 0.1) is 6.10 Å². The van der Waals surface area contributed by atoms with Crippen LogP contribution in [0.5, 0.6) is 0 Å². The number of hydrogen-bond donors (Lipinski definition) is 1. The molecule has 1 unspecified atom stereocenters. The lowest BCUT2D eigenvalue weighted by molar-refractivity contribution is 0.190. The lowest BCUT2D eigenvalue weighted by atomic mass is 10.1. The smallest absolute Gasteiger partial charge is 0.184 e. The van der Waals surface area contributed by atoms with Crippen LogP contribution in [0, 0.1) is 0 Å². The molecular formula is C19H26ClNOSi. The molecule has 23 heavy (non-hydrogen) atoms. The number of hydrogen-bond acceptors (Lipinski definition) is 2. The second-order valence-corrected chi connectivity index (χ2v) is 11.7. The fourth-order valence-corrected chi connectivity index (χ4v) is 3.67. The Balaban J connectivity index is 2.07. The summed E-state index contributed by atoms with van der Waals surface area (Å²) in [4.78, 5) is 0. The predicted molar refractivity (Wildman–Crippen MR) is 101 cm³/mol. The van der Waals surface area contributed by atoms with E-state index >= 15 is 0 Å². The Hall–Kier alpha value is -1.13. The molecule has 0 aliphatic heterocycles. The Labute approximate surface area is 146 Å². The van der Waals surface area contributed by atoms with Crippen molar-refractivity contribution in [3.8, 4) is 0 Å². The Kier molecular flexibility index (Phi) is 6.42. The van der Waals surface area contributed by atoms with Crippen LogP contribution in [0.25, 0.3) is 0 Å². The molecule has 124 valence electrons. The second-order valence-electron chi connectivity index (χ2n) is 6.81. The lowest BCUT2D eigenvalue weighted by Gasteiger charge is -2.28. The number of benzene rings is 2. The van der Waals surface area contributed by atoms with Crippen LogP contribution in [0.3, 0.4) is 0 Å². The van der Waals surface area contributed by atoms with Gasteiger partial charge in [-0.15, -0.1) is 0 Å². The summed E-state index contributed by atoms with van der Waals surface area (Å²) in [6, 6.07) is 18.7. The van der Waals surface area contributed by atoms with Crippen molar-refractivity contribution in [3.05, 3.63) is 70.7 Å². The Bertz CT molecular complexity index is 595. The highest BCUT2D eigenvalue weighted by Gasteiger charge is 2.23. The van der Waals surface area contributed by atoms with Gasteiger partial charge >= 0.3 is 0 Å². The molecule has 0 fully saturated rings. The minimum Gasteiger partial charge on any atom is -0.409 e. The second kappa shape index (κ2) is 8.11. The molecule has 0 heterocycles. The Morgan fingerprint density at radius 2 is 1.57 bits per heavy atom. The number of rotatable bonds is 7. The zero-order chi connectivity index (χ0) is 16.9. The summed E-state index contributed by atoms with van der Waals surface area (Å²) in [5.41, 5.74) is 2.46. The first-order valence-electron chi connectivity index (χ1n) is 8.07. The summed E-state index contributed by atoms with van der Waals surface area (Å²) >= 11 is 6.01. The molecule has 0 amide bonds. The van der Waals surface area contributed by atoms with Crippen LogP contribution in [0.15, 0.2) is 54.6 Å². The van der Waals surface area contributed by atoms with Crippen molar-refractivity contribution in [3.63, 3.8) is 0 Å².